The Kier molecular flexibility index (Phi) is 2.46. The molecule has 1 unspecified atom stereocenters. The van der Waals surface area contributed by atoms with Gasteiger partial charge in [-0.3, -0.25) is 4.79 Å². The van der Waals surface area contributed by atoms with Crippen LogP contribution in [0.3, 0.4) is 0 Å². The van der Waals surface area contributed by atoms with Crippen LogP contribution in [0.15, 0.2) is 12.2 Å². The quantitative estimate of drug-likeness (QED) is 0.484. The molecule has 4 rings (SSSR count). The summed E-state index contributed by atoms with van der Waals surface area (Å²) in [4.78, 5) is 12.4. The summed E-state index contributed by atoms with van der Waals surface area (Å²) in [6.45, 7) is 8.79. The minimum Gasteiger partial charge on any atom is -0.459 e. The Hall–Kier alpha value is -0.790. The van der Waals surface area contributed by atoms with Gasteiger partial charge in [0.15, 0.2) is 0 Å². The number of hydrogen-bond acceptors (Lipinski definition) is 2. The van der Waals surface area contributed by atoms with Crippen molar-refractivity contribution in [1.29, 1.82) is 0 Å². The molecule has 1 saturated carbocycles. The lowest BCUT2D eigenvalue weighted by molar-refractivity contribution is -0.189. The highest BCUT2D eigenvalue weighted by atomic mass is 16.6. The lowest BCUT2D eigenvalue weighted by atomic mass is 9.51. The summed E-state index contributed by atoms with van der Waals surface area (Å²) in [5.74, 6) is 1.72. The van der Waals surface area contributed by atoms with Crippen molar-refractivity contribution in [2.24, 2.45) is 29.1 Å². The molecule has 0 N–H and O–H groups in total. The monoisotopic (exact) mass is 248 g/mol. The number of allylic oxidation sites excluding steroid dienone is 1. The van der Waals surface area contributed by atoms with E-state index in [2.05, 4.69) is 39.8 Å². The maximum Gasteiger partial charge on any atom is 0.313 e. The summed E-state index contributed by atoms with van der Waals surface area (Å²) >= 11 is 0. The van der Waals surface area contributed by atoms with E-state index in [9.17, 15) is 4.79 Å². The highest BCUT2D eigenvalue weighted by Crippen LogP contribution is 2.58. The van der Waals surface area contributed by atoms with Gasteiger partial charge in [-0.25, -0.2) is 0 Å². The molecule has 5 atom stereocenters. The van der Waals surface area contributed by atoms with Crippen molar-refractivity contribution < 1.29 is 9.53 Å². The summed E-state index contributed by atoms with van der Waals surface area (Å²) < 4.78 is 5.81. The average molecular weight is 248 g/mol. The molecule has 4 aliphatic rings. The summed E-state index contributed by atoms with van der Waals surface area (Å²) in [5.41, 5.74) is -0.168. The van der Waals surface area contributed by atoms with Crippen LogP contribution in [0.25, 0.3) is 0 Å². The van der Waals surface area contributed by atoms with Gasteiger partial charge in [-0.15, -0.1) is 0 Å². The van der Waals surface area contributed by atoms with Crippen molar-refractivity contribution in [2.45, 2.75) is 52.6 Å². The summed E-state index contributed by atoms with van der Waals surface area (Å²) in [5, 5.41) is 0. The van der Waals surface area contributed by atoms with Gasteiger partial charge in [-0.2, -0.15) is 0 Å². The number of esters is 1. The first-order valence-electron chi connectivity index (χ1n) is 7.26. The van der Waals surface area contributed by atoms with E-state index in [1.165, 1.54) is 19.3 Å². The number of carbonyl (C=O) groups is 1. The van der Waals surface area contributed by atoms with Gasteiger partial charge >= 0.3 is 5.97 Å². The van der Waals surface area contributed by atoms with Gasteiger partial charge in [0.25, 0.3) is 0 Å². The fourth-order valence-corrected chi connectivity index (χ4v) is 4.59. The molecule has 0 radical (unpaired) electrons. The molecule has 2 heteroatoms. The van der Waals surface area contributed by atoms with Crippen molar-refractivity contribution in [3.8, 4) is 0 Å². The molecule has 3 fully saturated rings. The Balaban J connectivity index is 2.09. The molecule has 100 valence electrons. The summed E-state index contributed by atoms with van der Waals surface area (Å²) in [6, 6.07) is 0. The maximum atomic E-state index is 12.4. The predicted octanol–water partition coefficient (Wildman–Crippen LogP) is 3.57. The van der Waals surface area contributed by atoms with Gasteiger partial charge in [0.1, 0.15) is 5.60 Å². The van der Waals surface area contributed by atoms with Crippen molar-refractivity contribution in [1.82, 2.24) is 0 Å². The van der Waals surface area contributed by atoms with Gasteiger partial charge in [0.2, 0.25) is 0 Å². The molecule has 2 aliphatic heterocycles. The largest absolute Gasteiger partial charge is 0.459 e. The van der Waals surface area contributed by atoms with E-state index in [4.69, 9.17) is 4.74 Å². The minimum absolute atomic E-state index is 0.0000463. The third-order valence-electron chi connectivity index (χ3n) is 5.97. The van der Waals surface area contributed by atoms with Crippen LogP contribution < -0.4 is 0 Å². The van der Waals surface area contributed by atoms with Crippen molar-refractivity contribution >= 4 is 5.97 Å². The molecule has 2 heterocycles. The number of carbonyl (C=O) groups excluding carboxylic acids is 1. The van der Waals surface area contributed by atoms with E-state index in [1.54, 1.807) is 0 Å². The van der Waals surface area contributed by atoms with Crippen LogP contribution in [0.4, 0.5) is 0 Å². The third kappa shape index (κ3) is 1.50. The lowest BCUT2D eigenvalue weighted by Gasteiger charge is -2.56. The van der Waals surface area contributed by atoms with E-state index in [0.717, 1.165) is 0 Å². The smallest absolute Gasteiger partial charge is 0.313 e. The Morgan fingerprint density at radius 3 is 2.72 bits per heavy atom. The van der Waals surface area contributed by atoms with Crippen molar-refractivity contribution in [3.05, 3.63) is 12.2 Å². The summed E-state index contributed by atoms with van der Waals surface area (Å²) in [6.07, 6.45) is 7.92. The third-order valence-corrected chi connectivity index (χ3v) is 5.97. The van der Waals surface area contributed by atoms with E-state index in [-0.39, 0.29) is 22.9 Å². The van der Waals surface area contributed by atoms with Crippen LogP contribution in [-0.2, 0) is 9.53 Å². The van der Waals surface area contributed by atoms with E-state index in [0.29, 0.717) is 17.8 Å². The number of fused-ring (bicyclic) bond motifs is 3. The molecule has 4 bridgehead atoms. The van der Waals surface area contributed by atoms with E-state index in [1.807, 2.05) is 0 Å². The average Bonchev–Trinajstić information content (AvgIpc) is 2.26. The molecule has 0 aromatic heterocycles. The van der Waals surface area contributed by atoms with Gasteiger partial charge < -0.3 is 4.74 Å². The van der Waals surface area contributed by atoms with Crippen LogP contribution in [0.2, 0.25) is 0 Å². The second-order valence-corrected chi connectivity index (χ2v) is 7.33. The number of rotatable bonds is 0. The number of hydrogen-bond donors (Lipinski definition) is 0. The molecule has 18 heavy (non-hydrogen) atoms. The molecule has 0 spiro atoms. The van der Waals surface area contributed by atoms with Crippen LogP contribution in [0.1, 0.15) is 47.0 Å². The van der Waals surface area contributed by atoms with E-state index >= 15 is 0 Å². The lowest BCUT2D eigenvalue weighted by Crippen LogP contribution is -2.55. The van der Waals surface area contributed by atoms with Crippen LogP contribution in [-0.4, -0.2) is 11.6 Å². The molecule has 2 saturated heterocycles. The topological polar surface area (TPSA) is 26.3 Å². The first-order chi connectivity index (χ1) is 8.34. The Bertz CT molecular complexity index is 409. The zero-order chi connectivity index (χ0) is 13.1. The molecular formula is C16H24O2. The van der Waals surface area contributed by atoms with Crippen molar-refractivity contribution in [3.63, 3.8) is 0 Å². The molecule has 0 aromatic rings. The van der Waals surface area contributed by atoms with Gasteiger partial charge in [0.05, 0.1) is 5.92 Å². The van der Waals surface area contributed by atoms with Crippen LogP contribution in [0.5, 0.6) is 0 Å². The Morgan fingerprint density at radius 2 is 2.00 bits per heavy atom. The maximum absolute atomic E-state index is 12.4. The fraction of sp³-hybridized carbons (Fsp3) is 0.812. The highest BCUT2D eigenvalue weighted by Gasteiger charge is 2.56. The van der Waals surface area contributed by atoms with Crippen LogP contribution >= 0.6 is 0 Å². The van der Waals surface area contributed by atoms with Gasteiger partial charge in [-0.05, 0) is 56.3 Å². The van der Waals surface area contributed by atoms with E-state index < -0.39 is 0 Å². The molecule has 0 aromatic carbocycles. The zero-order valence-corrected chi connectivity index (χ0v) is 11.9. The SMILES string of the molecule is C[C@H]1C=CC2C(=O)OC(C)(C)[C@@H]3CC[C@]2(C)[C@H]1C3. The summed E-state index contributed by atoms with van der Waals surface area (Å²) in [7, 11) is 0. The predicted molar refractivity (Wildman–Crippen MR) is 70.9 cm³/mol. The fourth-order valence-electron chi connectivity index (χ4n) is 4.59. The minimum atomic E-state index is -0.291. The zero-order valence-electron chi connectivity index (χ0n) is 11.9. The molecule has 2 aliphatic carbocycles. The highest BCUT2D eigenvalue weighted by molar-refractivity contribution is 5.76. The first-order valence-corrected chi connectivity index (χ1v) is 7.26. The second kappa shape index (κ2) is 3.61. The van der Waals surface area contributed by atoms with Gasteiger partial charge in [-0.1, -0.05) is 26.0 Å². The second-order valence-electron chi connectivity index (χ2n) is 7.33. The molecule has 2 nitrogen and oxygen atoms in total. The van der Waals surface area contributed by atoms with Crippen LogP contribution in [0, 0.1) is 29.1 Å². The van der Waals surface area contributed by atoms with Gasteiger partial charge in [0, 0.05) is 0 Å². The normalized spacial score (nSPS) is 49.4. The Morgan fingerprint density at radius 1 is 1.28 bits per heavy atom. The van der Waals surface area contributed by atoms with Crippen molar-refractivity contribution in [2.75, 3.05) is 0 Å². The first kappa shape index (κ1) is 12.3. The number of ether oxygens (including phenoxy) is 1. The molecule has 0 amide bonds. The molecular weight excluding hydrogens is 224 g/mol. The standard InChI is InChI=1S/C16H24O2/c1-10-5-6-12-14(17)18-15(2,3)11-7-8-16(12,4)13(10)9-11/h5-6,10-13H,7-9H2,1-4H3/t10-,11+,12?,13-,16-/m0/s1. The Labute approximate surface area is 110 Å².